The molecule has 0 aliphatic heterocycles. The largest absolute Gasteiger partial charge is 0.478 e. The van der Waals surface area contributed by atoms with Gasteiger partial charge >= 0.3 is 17.9 Å². The van der Waals surface area contributed by atoms with Crippen molar-refractivity contribution < 1.29 is 29.0 Å². The van der Waals surface area contributed by atoms with Gasteiger partial charge in [-0.2, -0.15) is 0 Å². The van der Waals surface area contributed by atoms with E-state index in [-0.39, 0.29) is 29.6 Å². The highest BCUT2D eigenvalue weighted by molar-refractivity contribution is 5.95. The normalized spacial score (nSPS) is 12.4. The van der Waals surface area contributed by atoms with Crippen molar-refractivity contribution in [2.24, 2.45) is 0 Å². The number of benzene rings is 1. The van der Waals surface area contributed by atoms with Crippen LogP contribution in [0.25, 0.3) is 0 Å². The van der Waals surface area contributed by atoms with E-state index in [4.69, 9.17) is 9.47 Å². The molecule has 1 N–H and O–H groups in total. The number of carboxylic acid groups (broad SMARTS) is 1. The molecule has 0 aliphatic carbocycles. The van der Waals surface area contributed by atoms with Gasteiger partial charge in [-0.05, 0) is 62.8 Å². The SMILES string of the molecule is C=CCCCCOC(=O)c1cc(C(=O)O)cc(C(/C=C(C)\C=C\C(=O)OCCCCC)CC)c1. The van der Waals surface area contributed by atoms with Crippen LogP contribution in [-0.2, 0) is 14.3 Å². The summed E-state index contributed by atoms with van der Waals surface area (Å²) in [7, 11) is 0. The number of unbranched alkanes of at least 4 members (excludes halogenated alkanes) is 4. The number of carbonyl (C=O) groups excluding carboxylic acids is 2. The average Bonchev–Trinajstić information content (AvgIpc) is 2.83. The number of hydrogen-bond acceptors (Lipinski definition) is 5. The summed E-state index contributed by atoms with van der Waals surface area (Å²) in [5.74, 6) is -2.17. The van der Waals surface area contributed by atoms with Crippen LogP contribution in [0.3, 0.4) is 0 Å². The van der Waals surface area contributed by atoms with Crippen LogP contribution >= 0.6 is 0 Å². The lowest BCUT2D eigenvalue weighted by molar-refractivity contribution is -0.137. The molecule has 0 bridgehead atoms. The summed E-state index contributed by atoms with van der Waals surface area (Å²) in [5, 5.41) is 9.54. The Morgan fingerprint density at radius 3 is 2.29 bits per heavy atom. The molecule has 6 nitrogen and oxygen atoms in total. The molecule has 0 heterocycles. The maximum atomic E-state index is 12.5. The van der Waals surface area contributed by atoms with Crippen molar-refractivity contribution in [2.75, 3.05) is 13.2 Å². The van der Waals surface area contributed by atoms with Gasteiger partial charge in [-0.15, -0.1) is 6.58 Å². The maximum absolute atomic E-state index is 12.5. The summed E-state index contributed by atoms with van der Waals surface area (Å²) in [6, 6.07) is 4.60. The standard InChI is InChI=1S/C28H38O6/c1-5-8-10-12-16-34-28(32)25-19-23(18-24(20-25)27(30)31)22(7-3)17-21(4)13-14-26(29)33-15-11-9-6-2/h5,13-14,17-20,22H,1,6-12,15-16H2,2-4H3,(H,30,31)/b14-13+,21-17-. The summed E-state index contributed by atoms with van der Waals surface area (Å²) < 4.78 is 10.5. The zero-order valence-electron chi connectivity index (χ0n) is 20.7. The van der Waals surface area contributed by atoms with Crippen LogP contribution in [0, 0.1) is 0 Å². The highest BCUT2D eigenvalue weighted by atomic mass is 16.5. The van der Waals surface area contributed by atoms with Gasteiger partial charge in [0, 0.05) is 12.0 Å². The minimum absolute atomic E-state index is 0.0341. The number of rotatable bonds is 16. The molecular weight excluding hydrogens is 432 g/mol. The van der Waals surface area contributed by atoms with Crippen LogP contribution in [0.15, 0.2) is 54.7 Å². The number of hydrogen-bond donors (Lipinski definition) is 1. The topological polar surface area (TPSA) is 89.9 Å². The highest BCUT2D eigenvalue weighted by Gasteiger charge is 2.17. The number of allylic oxidation sites excluding steroid dienone is 4. The molecule has 1 unspecified atom stereocenters. The maximum Gasteiger partial charge on any atom is 0.338 e. The van der Waals surface area contributed by atoms with E-state index in [1.54, 1.807) is 18.2 Å². The lowest BCUT2D eigenvalue weighted by Crippen LogP contribution is -2.10. The van der Waals surface area contributed by atoms with Crippen molar-refractivity contribution in [1.82, 2.24) is 0 Å². The second kappa shape index (κ2) is 16.5. The van der Waals surface area contributed by atoms with Crippen LogP contribution < -0.4 is 0 Å². The molecule has 186 valence electrons. The Morgan fingerprint density at radius 2 is 1.65 bits per heavy atom. The molecule has 0 saturated carbocycles. The molecule has 1 atom stereocenters. The fraction of sp³-hybridized carbons (Fsp3) is 0.464. The highest BCUT2D eigenvalue weighted by Crippen LogP contribution is 2.26. The number of aromatic carboxylic acids is 1. The van der Waals surface area contributed by atoms with E-state index in [2.05, 4.69) is 13.5 Å². The first-order chi connectivity index (χ1) is 16.3. The van der Waals surface area contributed by atoms with E-state index in [0.29, 0.717) is 18.6 Å². The molecule has 0 aliphatic rings. The zero-order valence-corrected chi connectivity index (χ0v) is 20.7. The minimum atomic E-state index is -1.11. The Kier molecular flexibility index (Phi) is 14.0. The molecule has 1 aromatic rings. The van der Waals surface area contributed by atoms with Crippen molar-refractivity contribution in [3.63, 3.8) is 0 Å². The molecule has 0 saturated heterocycles. The Labute approximate surface area is 203 Å². The van der Waals surface area contributed by atoms with Gasteiger partial charge in [-0.25, -0.2) is 14.4 Å². The van der Waals surface area contributed by atoms with Gasteiger partial charge in [0.1, 0.15) is 0 Å². The Hall–Kier alpha value is -3.15. The number of carbonyl (C=O) groups is 3. The van der Waals surface area contributed by atoms with Gasteiger partial charge in [-0.3, -0.25) is 0 Å². The van der Waals surface area contributed by atoms with E-state index >= 15 is 0 Å². The molecule has 6 heteroatoms. The number of carboxylic acids is 1. The summed E-state index contributed by atoms with van der Waals surface area (Å²) >= 11 is 0. The van der Waals surface area contributed by atoms with Crippen LogP contribution in [0.2, 0.25) is 0 Å². The molecule has 1 aromatic carbocycles. The van der Waals surface area contributed by atoms with Gasteiger partial charge in [0.25, 0.3) is 0 Å². The first kappa shape index (κ1) is 28.9. The van der Waals surface area contributed by atoms with Gasteiger partial charge in [0.05, 0.1) is 24.3 Å². The van der Waals surface area contributed by atoms with Crippen molar-refractivity contribution in [3.05, 3.63) is 71.3 Å². The van der Waals surface area contributed by atoms with E-state index in [9.17, 15) is 19.5 Å². The Morgan fingerprint density at radius 1 is 0.971 bits per heavy atom. The molecule has 0 amide bonds. The number of esters is 2. The average molecular weight is 471 g/mol. The third-order valence-electron chi connectivity index (χ3n) is 5.28. The molecule has 34 heavy (non-hydrogen) atoms. The summed E-state index contributed by atoms with van der Waals surface area (Å²) in [5.41, 5.74) is 1.79. The third-order valence-corrected chi connectivity index (χ3v) is 5.28. The smallest absolute Gasteiger partial charge is 0.338 e. The first-order valence-electron chi connectivity index (χ1n) is 12.0. The van der Waals surface area contributed by atoms with Gasteiger partial charge in [0.2, 0.25) is 0 Å². The van der Waals surface area contributed by atoms with E-state index < -0.39 is 11.9 Å². The molecule has 1 rings (SSSR count). The Bertz CT molecular complexity index is 881. The van der Waals surface area contributed by atoms with Crippen molar-refractivity contribution in [2.45, 2.75) is 71.6 Å². The molecular formula is C28H38O6. The summed E-state index contributed by atoms with van der Waals surface area (Å²) in [6.07, 6.45) is 12.9. The van der Waals surface area contributed by atoms with Crippen LogP contribution in [0.5, 0.6) is 0 Å². The van der Waals surface area contributed by atoms with Gasteiger partial charge in [-0.1, -0.05) is 50.5 Å². The van der Waals surface area contributed by atoms with Crippen molar-refractivity contribution >= 4 is 17.9 Å². The monoisotopic (exact) mass is 470 g/mol. The Balaban J connectivity index is 2.96. The summed E-state index contributed by atoms with van der Waals surface area (Å²) in [4.78, 5) is 36.0. The van der Waals surface area contributed by atoms with Gasteiger partial charge < -0.3 is 14.6 Å². The number of ether oxygens (including phenoxy) is 2. The predicted octanol–water partition coefficient (Wildman–Crippen LogP) is 6.63. The minimum Gasteiger partial charge on any atom is -0.478 e. The third kappa shape index (κ3) is 11.1. The molecule has 0 aromatic heterocycles. The lowest BCUT2D eigenvalue weighted by atomic mass is 9.91. The van der Waals surface area contributed by atoms with Crippen LogP contribution in [0.1, 0.15) is 97.9 Å². The second-order valence-electron chi connectivity index (χ2n) is 8.20. The van der Waals surface area contributed by atoms with Crippen molar-refractivity contribution in [3.8, 4) is 0 Å². The fourth-order valence-corrected chi connectivity index (χ4v) is 3.34. The predicted molar refractivity (Wildman–Crippen MR) is 134 cm³/mol. The fourth-order valence-electron chi connectivity index (χ4n) is 3.34. The molecule has 0 fully saturated rings. The van der Waals surface area contributed by atoms with Crippen LogP contribution in [0.4, 0.5) is 0 Å². The zero-order chi connectivity index (χ0) is 25.3. The van der Waals surface area contributed by atoms with Crippen LogP contribution in [-0.4, -0.2) is 36.2 Å². The molecule has 0 radical (unpaired) electrons. The summed E-state index contributed by atoms with van der Waals surface area (Å²) in [6.45, 7) is 10.3. The van der Waals surface area contributed by atoms with E-state index in [0.717, 1.165) is 44.1 Å². The second-order valence-corrected chi connectivity index (χ2v) is 8.20. The van der Waals surface area contributed by atoms with Gasteiger partial charge in [0.15, 0.2) is 0 Å². The van der Waals surface area contributed by atoms with E-state index in [1.165, 1.54) is 12.1 Å². The molecule has 0 spiro atoms. The van der Waals surface area contributed by atoms with Crippen molar-refractivity contribution in [1.29, 1.82) is 0 Å². The quantitative estimate of drug-likeness (QED) is 0.0959. The van der Waals surface area contributed by atoms with E-state index in [1.807, 2.05) is 26.0 Å². The lowest BCUT2D eigenvalue weighted by Gasteiger charge is -2.15. The first-order valence-corrected chi connectivity index (χ1v) is 12.0.